The van der Waals surface area contributed by atoms with Crippen LogP contribution in [0.3, 0.4) is 0 Å². The van der Waals surface area contributed by atoms with Crippen molar-refractivity contribution >= 4 is 5.97 Å². The molecule has 0 aromatic rings. The van der Waals surface area contributed by atoms with Crippen LogP contribution in [0.4, 0.5) is 0 Å². The zero-order valence-corrected chi connectivity index (χ0v) is 14.6. The van der Waals surface area contributed by atoms with E-state index in [9.17, 15) is 4.79 Å². The summed E-state index contributed by atoms with van der Waals surface area (Å²) in [6, 6.07) is 0. The fraction of sp³-hybridized carbons (Fsp3) is 0.850. The molecule has 0 unspecified atom stereocenters. The molecule has 5 atom stereocenters. The minimum atomic E-state index is -0.0990. The highest BCUT2D eigenvalue weighted by Crippen LogP contribution is 2.68. The van der Waals surface area contributed by atoms with Crippen molar-refractivity contribution in [3.05, 3.63) is 11.6 Å². The Balaban J connectivity index is 1.74. The van der Waals surface area contributed by atoms with Crippen molar-refractivity contribution in [3.8, 4) is 0 Å². The number of rotatable bonds is 0. The smallest absolute Gasteiger partial charge is 0.331 e. The Hall–Kier alpha value is -0.790. The van der Waals surface area contributed by atoms with E-state index in [0.29, 0.717) is 16.7 Å². The van der Waals surface area contributed by atoms with Crippen molar-refractivity contribution in [2.24, 2.45) is 28.1 Å². The number of esters is 1. The van der Waals surface area contributed by atoms with Crippen molar-refractivity contribution in [2.75, 3.05) is 0 Å². The molecule has 122 valence electrons. The predicted molar refractivity (Wildman–Crippen MR) is 87.3 cm³/mol. The zero-order chi connectivity index (χ0) is 15.8. The Bertz CT molecular complexity index is 546. The highest BCUT2D eigenvalue weighted by Gasteiger charge is 2.63. The fourth-order valence-electron chi connectivity index (χ4n) is 7.18. The van der Waals surface area contributed by atoms with E-state index in [1.807, 2.05) is 0 Å². The predicted octanol–water partition coefficient (Wildman–Crippen LogP) is 4.88. The van der Waals surface area contributed by atoms with Gasteiger partial charge in [0.05, 0.1) is 0 Å². The molecule has 0 radical (unpaired) electrons. The lowest BCUT2D eigenvalue weighted by atomic mass is 9.40. The summed E-state index contributed by atoms with van der Waals surface area (Å²) >= 11 is 0. The van der Waals surface area contributed by atoms with Crippen molar-refractivity contribution in [3.63, 3.8) is 0 Å². The van der Waals surface area contributed by atoms with Crippen molar-refractivity contribution in [2.45, 2.75) is 78.7 Å². The third-order valence-corrected chi connectivity index (χ3v) is 8.03. The maximum absolute atomic E-state index is 11.8. The summed E-state index contributed by atoms with van der Waals surface area (Å²) in [6.07, 6.45) is 10.8. The lowest BCUT2D eigenvalue weighted by molar-refractivity contribution is -0.180. The van der Waals surface area contributed by atoms with Crippen LogP contribution < -0.4 is 0 Å². The van der Waals surface area contributed by atoms with E-state index >= 15 is 0 Å². The third kappa shape index (κ3) is 1.76. The monoisotopic (exact) mass is 302 g/mol. The Morgan fingerprint density at radius 2 is 1.77 bits per heavy atom. The van der Waals surface area contributed by atoms with Gasteiger partial charge in [0, 0.05) is 11.5 Å². The summed E-state index contributed by atoms with van der Waals surface area (Å²) in [5, 5.41) is 0. The van der Waals surface area contributed by atoms with Crippen LogP contribution in [0.1, 0.15) is 72.6 Å². The van der Waals surface area contributed by atoms with Gasteiger partial charge >= 0.3 is 5.97 Å². The zero-order valence-electron chi connectivity index (χ0n) is 14.6. The van der Waals surface area contributed by atoms with E-state index in [0.717, 1.165) is 12.3 Å². The molecule has 2 nitrogen and oxygen atoms in total. The van der Waals surface area contributed by atoms with Gasteiger partial charge in [0.25, 0.3) is 0 Å². The molecule has 3 aliphatic carbocycles. The Morgan fingerprint density at radius 1 is 1.00 bits per heavy atom. The summed E-state index contributed by atoms with van der Waals surface area (Å²) in [7, 11) is 0. The molecule has 22 heavy (non-hydrogen) atoms. The van der Waals surface area contributed by atoms with E-state index in [1.54, 1.807) is 6.08 Å². The quantitative estimate of drug-likeness (QED) is 0.596. The third-order valence-electron chi connectivity index (χ3n) is 8.03. The maximum atomic E-state index is 11.8. The minimum absolute atomic E-state index is 0.0709. The molecule has 0 aromatic carbocycles. The number of carbonyl (C=O) groups excluding carboxylic acids is 1. The van der Waals surface area contributed by atoms with E-state index < -0.39 is 0 Å². The van der Waals surface area contributed by atoms with Crippen LogP contribution >= 0.6 is 0 Å². The molecule has 1 aliphatic heterocycles. The van der Waals surface area contributed by atoms with Crippen LogP contribution in [0.2, 0.25) is 0 Å². The first-order valence-electron chi connectivity index (χ1n) is 9.18. The number of carbonyl (C=O) groups is 1. The van der Waals surface area contributed by atoms with Crippen molar-refractivity contribution in [1.29, 1.82) is 0 Å². The van der Waals surface area contributed by atoms with Crippen LogP contribution in [0, 0.1) is 28.1 Å². The van der Waals surface area contributed by atoms with Gasteiger partial charge in [-0.2, -0.15) is 0 Å². The molecule has 0 bridgehead atoms. The standard InChI is InChI=1S/C20H30O2/c1-18(2)9-5-10-19(3)14(18)8-11-20(4)15(19)7-6-13-12-16(21)22-17(13)20/h12,14-15,17H,5-11H2,1-4H3/t14-,15+,17-,19+,20-/m1/s1. The van der Waals surface area contributed by atoms with E-state index in [-0.39, 0.29) is 17.5 Å². The van der Waals surface area contributed by atoms with Gasteiger partial charge in [0.15, 0.2) is 0 Å². The lowest BCUT2D eigenvalue weighted by Gasteiger charge is -2.65. The van der Waals surface area contributed by atoms with Gasteiger partial charge in [-0.15, -0.1) is 0 Å². The Labute approximate surface area is 134 Å². The molecular formula is C20H30O2. The summed E-state index contributed by atoms with van der Waals surface area (Å²) in [5.74, 6) is 1.43. The highest BCUT2D eigenvalue weighted by atomic mass is 16.5. The number of hydrogen-bond acceptors (Lipinski definition) is 2. The van der Waals surface area contributed by atoms with Crippen LogP contribution in [0.15, 0.2) is 11.6 Å². The number of hydrogen-bond donors (Lipinski definition) is 0. The van der Waals surface area contributed by atoms with Gasteiger partial charge in [0.2, 0.25) is 0 Å². The lowest BCUT2D eigenvalue weighted by Crippen LogP contribution is -2.59. The van der Waals surface area contributed by atoms with Gasteiger partial charge in [0.1, 0.15) is 6.10 Å². The number of fused-ring (bicyclic) bond motifs is 5. The second-order valence-corrected chi connectivity index (χ2v) is 9.57. The largest absolute Gasteiger partial charge is 0.454 e. The summed E-state index contributed by atoms with van der Waals surface area (Å²) < 4.78 is 5.78. The first kappa shape index (κ1) is 14.8. The molecule has 0 amide bonds. The van der Waals surface area contributed by atoms with Gasteiger partial charge in [-0.25, -0.2) is 4.79 Å². The topological polar surface area (TPSA) is 26.3 Å². The second kappa shape index (κ2) is 4.39. The average molecular weight is 302 g/mol. The molecule has 4 aliphatic rings. The Morgan fingerprint density at radius 3 is 2.55 bits per heavy atom. The van der Waals surface area contributed by atoms with Gasteiger partial charge in [-0.1, -0.05) is 34.1 Å². The van der Waals surface area contributed by atoms with Crippen molar-refractivity contribution < 1.29 is 9.53 Å². The molecule has 0 N–H and O–H groups in total. The fourth-order valence-corrected chi connectivity index (χ4v) is 7.18. The molecule has 0 aromatic heterocycles. The molecule has 3 fully saturated rings. The molecule has 0 saturated heterocycles. The SMILES string of the molecule is CC1(C)CCC[C@]2(C)[C@@H]3CCC4=CC(=O)O[C@H]4[C@]3(C)CC[C@H]12. The first-order valence-corrected chi connectivity index (χ1v) is 9.18. The van der Waals surface area contributed by atoms with Crippen LogP contribution in [-0.4, -0.2) is 12.1 Å². The maximum Gasteiger partial charge on any atom is 0.331 e. The van der Waals surface area contributed by atoms with Gasteiger partial charge in [-0.05, 0) is 66.8 Å². The highest BCUT2D eigenvalue weighted by molar-refractivity contribution is 5.86. The average Bonchev–Trinajstić information content (AvgIpc) is 2.79. The van der Waals surface area contributed by atoms with E-state index in [1.165, 1.54) is 44.1 Å². The molecule has 1 heterocycles. The molecule has 3 saturated carbocycles. The van der Waals surface area contributed by atoms with Crippen LogP contribution in [-0.2, 0) is 9.53 Å². The number of ether oxygens (including phenoxy) is 1. The van der Waals surface area contributed by atoms with E-state index in [4.69, 9.17) is 4.74 Å². The van der Waals surface area contributed by atoms with E-state index in [2.05, 4.69) is 27.7 Å². The minimum Gasteiger partial charge on any atom is -0.454 e. The van der Waals surface area contributed by atoms with Gasteiger partial charge < -0.3 is 4.74 Å². The molecule has 0 spiro atoms. The normalized spacial score (nSPS) is 49.5. The van der Waals surface area contributed by atoms with Crippen LogP contribution in [0.5, 0.6) is 0 Å². The van der Waals surface area contributed by atoms with Gasteiger partial charge in [-0.3, -0.25) is 0 Å². The summed E-state index contributed by atoms with van der Waals surface area (Å²) in [4.78, 5) is 11.8. The van der Waals surface area contributed by atoms with Crippen LogP contribution in [0.25, 0.3) is 0 Å². The molecular weight excluding hydrogens is 272 g/mol. The summed E-state index contributed by atoms with van der Waals surface area (Å²) in [5.41, 5.74) is 2.34. The Kier molecular flexibility index (Phi) is 2.95. The summed E-state index contributed by atoms with van der Waals surface area (Å²) in [6.45, 7) is 9.95. The first-order chi connectivity index (χ1) is 10.3. The molecule has 4 rings (SSSR count). The van der Waals surface area contributed by atoms with Crippen molar-refractivity contribution in [1.82, 2.24) is 0 Å². The molecule has 2 heteroatoms. The second-order valence-electron chi connectivity index (χ2n) is 9.57.